The number of nitrogens with two attached hydrogens (primary N) is 1. The molecule has 3 heteroatoms. The first-order valence-electron chi connectivity index (χ1n) is 5.47. The van der Waals surface area contributed by atoms with Crippen molar-refractivity contribution in [1.29, 1.82) is 5.26 Å². The highest BCUT2D eigenvalue weighted by Gasteiger charge is 2.05. The van der Waals surface area contributed by atoms with Crippen LogP contribution in [0, 0.1) is 11.3 Å². The van der Waals surface area contributed by atoms with E-state index in [1.807, 2.05) is 13.0 Å². The van der Waals surface area contributed by atoms with Crippen molar-refractivity contribution in [1.82, 2.24) is 0 Å². The third-order valence-corrected chi connectivity index (χ3v) is 2.19. The van der Waals surface area contributed by atoms with Crippen LogP contribution in [-0.4, -0.2) is 18.8 Å². The Morgan fingerprint density at radius 1 is 1.36 bits per heavy atom. The summed E-state index contributed by atoms with van der Waals surface area (Å²) >= 11 is 0. The van der Waals surface area contributed by atoms with E-state index >= 15 is 0 Å². The van der Waals surface area contributed by atoms with Gasteiger partial charge in [0, 0.05) is 0 Å². The smallest absolute Gasteiger partial charge is 0.116 e. The molecule has 3 nitrogen and oxygen atoms in total. The van der Waals surface area contributed by atoms with Gasteiger partial charge in [0.25, 0.3) is 0 Å². The minimum Gasteiger partial charge on any atom is -0.376 e. The molecule has 0 saturated carbocycles. The van der Waals surface area contributed by atoms with Crippen molar-refractivity contribution < 1.29 is 4.74 Å². The molecule has 0 saturated heterocycles. The highest BCUT2D eigenvalue weighted by Crippen LogP contribution is 2.07. The van der Waals surface area contributed by atoms with Crippen LogP contribution in [0.4, 0.5) is 0 Å². The molecule has 0 aliphatic heterocycles. The largest absolute Gasteiger partial charge is 0.376 e. The highest BCUT2D eigenvalue weighted by atomic mass is 16.5. The summed E-state index contributed by atoms with van der Waals surface area (Å²) in [4.78, 5) is 0. The predicted molar refractivity (Wildman–Crippen MR) is 57.8 cm³/mol. The van der Waals surface area contributed by atoms with Crippen molar-refractivity contribution in [3.8, 4) is 6.07 Å². The van der Waals surface area contributed by atoms with E-state index in [0.29, 0.717) is 6.61 Å². The monoisotopic (exact) mass is 198 g/mol. The molecular formula is C11H22N2O. The second-order valence-corrected chi connectivity index (χ2v) is 3.73. The predicted octanol–water partition coefficient (Wildman–Crippen LogP) is 2.21. The van der Waals surface area contributed by atoms with Crippen molar-refractivity contribution in [3.63, 3.8) is 0 Å². The summed E-state index contributed by atoms with van der Waals surface area (Å²) in [6, 6.07) is 1.47. The van der Waals surface area contributed by atoms with Crippen molar-refractivity contribution >= 4 is 0 Å². The molecule has 0 amide bonds. The molecule has 0 aliphatic rings. The maximum absolute atomic E-state index is 8.44. The lowest BCUT2D eigenvalue weighted by atomic mass is 10.1. The Hall–Kier alpha value is -0.590. The number of hydrogen-bond donors (Lipinski definition) is 1. The minimum atomic E-state index is -0.479. The Balaban J connectivity index is 3.28. The van der Waals surface area contributed by atoms with E-state index < -0.39 is 6.04 Å². The molecule has 14 heavy (non-hydrogen) atoms. The molecule has 2 unspecified atom stereocenters. The van der Waals surface area contributed by atoms with Crippen LogP contribution in [0.5, 0.6) is 0 Å². The highest BCUT2D eigenvalue weighted by molar-refractivity contribution is 4.86. The zero-order valence-electron chi connectivity index (χ0n) is 9.33. The van der Waals surface area contributed by atoms with Gasteiger partial charge >= 0.3 is 0 Å². The first-order valence-corrected chi connectivity index (χ1v) is 5.47. The fourth-order valence-electron chi connectivity index (χ4n) is 1.25. The molecule has 0 fully saturated rings. The zero-order chi connectivity index (χ0) is 10.8. The average molecular weight is 198 g/mol. The van der Waals surface area contributed by atoms with Gasteiger partial charge in [-0.15, -0.1) is 0 Å². The van der Waals surface area contributed by atoms with Gasteiger partial charge in [0.1, 0.15) is 6.04 Å². The Morgan fingerprint density at radius 2 is 2.07 bits per heavy atom. The fourth-order valence-corrected chi connectivity index (χ4v) is 1.25. The fraction of sp³-hybridized carbons (Fsp3) is 0.909. The topological polar surface area (TPSA) is 59.0 Å². The third kappa shape index (κ3) is 8.03. The van der Waals surface area contributed by atoms with Gasteiger partial charge in [0.2, 0.25) is 0 Å². The second-order valence-electron chi connectivity index (χ2n) is 3.73. The minimum absolute atomic E-state index is 0.228. The normalized spacial score (nSPS) is 14.7. The lowest BCUT2D eigenvalue weighted by Crippen LogP contribution is -2.26. The Labute approximate surface area is 87.2 Å². The number of nitrogens with zero attached hydrogens (tertiary/aromatic N) is 1. The molecule has 82 valence electrons. The number of nitriles is 1. The molecule has 0 aliphatic carbocycles. The van der Waals surface area contributed by atoms with E-state index in [0.717, 1.165) is 6.42 Å². The quantitative estimate of drug-likeness (QED) is 0.608. The lowest BCUT2D eigenvalue weighted by Gasteiger charge is -2.13. The van der Waals surface area contributed by atoms with Gasteiger partial charge < -0.3 is 10.5 Å². The summed E-state index contributed by atoms with van der Waals surface area (Å²) in [5.41, 5.74) is 5.41. The maximum Gasteiger partial charge on any atom is 0.116 e. The van der Waals surface area contributed by atoms with Gasteiger partial charge in [0.15, 0.2) is 0 Å². The van der Waals surface area contributed by atoms with Crippen LogP contribution in [0.3, 0.4) is 0 Å². The maximum atomic E-state index is 8.44. The van der Waals surface area contributed by atoms with E-state index in [2.05, 4.69) is 6.92 Å². The Kier molecular flexibility index (Phi) is 8.61. The first-order chi connectivity index (χ1) is 6.70. The summed E-state index contributed by atoms with van der Waals surface area (Å²) in [6.45, 7) is 4.59. The van der Waals surface area contributed by atoms with Gasteiger partial charge in [-0.1, -0.05) is 32.6 Å². The van der Waals surface area contributed by atoms with Crippen LogP contribution < -0.4 is 5.73 Å². The molecule has 0 aromatic rings. The average Bonchev–Trinajstić information content (AvgIpc) is 2.21. The molecule has 0 aromatic carbocycles. The van der Waals surface area contributed by atoms with Gasteiger partial charge in [-0.05, 0) is 13.3 Å². The summed E-state index contributed by atoms with van der Waals surface area (Å²) < 4.78 is 5.43. The van der Waals surface area contributed by atoms with Gasteiger partial charge in [-0.25, -0.2) is 0 Å². The summed E-state index contributed by atoms with van der Waals surface area (Å²) in [7, 11) is 0. The van der Waals surface area contributed by atoms with E-state index in [1.165, 1.54) is 25.7 Å². The van der Waals surface area contributed by atoms with Crippen LogP contribution in [-0.2, 0) is 4.74 Å². The van der Waals surface area contributed by atoms with Crippen molar-refractivity contribution in [3.05, 3.63) is 0 Å². The summed E-state index contributed by atoms with van der Waals surface area (Å²) in [5, 5.41) is 8.44. The Bertz CT molecular complexity index is 165. The molecule has 0 spiro atoms. The van der Waals surface area contributed by atoms with Crippen LogP contribution in [0.2, 0.25) is 0 Å². The van der Waals surface area contributed by atoms with Crippen LogP contribution in [0.15, 0.2) is 0 Å². The van der Waals surface area contributed by atoms with Crippen LogP contribution >= 0.6 is 0 Å². The number of unbranched alkanes of at least 4 members (excludes halogenated alkanes) is 3. The van der Waals surface area contributed by atoms with E-state index in [1.54, 1.807) is 0 Å². The van der Waals surface area contributed by atoms with Crippen molar-refractivity contribution in [2.45, 2.75) is 58.1 Å². The number of ether oxygens (including phenoxy) is 1. The number of hydrogen-bond acceptors (Lipinski definition) is 3. The zero-order valence-corrected chi connectivity index (χ0v) is 9.33. The molecule has 0 heterocycles. The molecule has 2 N–H and O–H groups in total. The molecule has 0 rings (SSSR count). The van der Waals surface area contributed by atoms with Gasteiger partial charge in [0.05, 0.1) is 18.8 Å². The van der Waals surface area contributed by atoms with Crippen molar-refractivity contribution in [2.75, 3.05) is 6.61 Å². The van der Waals surface area contributed by atoms with E-state index in [4.69, 9.17) is 15.7 Å². The van der Waals surface area contributed by atoms with Crippen molar-refractivity contribution in [2.24, 2.45) is 5.73 Å². The third-order valence-electron chi connectivity index (χ3n) is 2.19. The summed E-state index contributed by atoms with van der Waals surface area (Å²) in [5.74, 6) is 0. The van der Waals surface area contributed by atoms with Crippen LogP contribution in [0.1, 0.15) is 46.0 Å². The van der Waals surface area contributed by atoms with Gasteiger partial charge in [-0.3, -0.25) is 0 Å². The molecule has 0 aromatic heterocycles. The number of rotatable bonds is 8. The van der Waals surface area contributed by atoms with E-state index in [-0.39, 0.29) is 6.10 Å². The van der Waals surface area contributed by atoms with Gasteiger partial charge in [-0.2, -0.15) is 5.26 Å². The molecular weight excluding hydrogens is 176 g/mol. The first kappa shape index (κ1) is 13.4. The molecule has 2 atom stereocenters. The standard InChI is InChI=1S/C11H22N2O/c1-3-4-5-6-7-10(2)14-9-11(13)8-12/h10-11H,3-7,9,13H2,1-2H3. The Morgan fingerprint density at radius 3 is 2.64 bits per heavy atom. The molecule has 0 radical (unpaired) electrons. The van der Waals surface area contributed by atoms with Crippen LogP contribution in [0.25, 0.3) is 0 Å². The molecule has 0 bridgehead atoms. The SMILES string of the molecule is CCCCCCC(C)OCC(N)C#N. The lowest BCUT2D eigenvalue weighted by molar-refractivity contribution is 0.0562. The van der Waals surface area contributed by atoms with E-state index in [9.17, 15) is 0 Å². The second kappa shape index (κ2) is 8.98. The summed E-state index contributed by atoms with van der Waals surface area (Å²) in [6.07, 6.45) is 6.33.